The second kappa shape index (κ2) is 6.52. The molecular formula is C12H18BrNO2S. The Morgan fingerprint density at radius 1 is 1.65 bits per heavy atom. The third-order valence-corrected chi connectivity index (χ3v) is 4.86. The summed E-state index contributed by atoms with van der Waals surface area (Å²) in [5.74, 6) is -0.237. The lowest BCUT2D eigenvalue weighted by molar-refractivity contribution is -0.143. The van der Waals surface area contributed by atoms with E-state index in [0.29, 0.717) is 0 Å². The lowest BCUT2D eigenvalue weighted by Gasteiger charge is -2.19. The average molecular weight is 320 g/mol. The van der Waals surface area contributed by atoms with Crippen LogP contribution in [0.1, 0.15) is 36.1 Å². The molecule has 96 valence electrons. The zero-order valence-corrected chi connectivity index (χ0v) is 12.9. The van der Waals surface area contributed by atoms with Gasteiger partial charge < -0.3 is 4.74 Å². The predicted molar refractivity (Wildman–Crippen MR) is 74.4 cm³/mol. The van der Waals surface area contributed by atoms with E-state index >= 15 is 0 Å². The highest BCUT2D eigenvalue weighted by Gasteiger charge is 2.24. The minimum absolute atomic E-state index is 0.237. The smallest absolute Gasteiger partial charge is 0.328 e. The Morgan fingerprint density at radius 3 is 2.71 bits per heavy atom. The van der Waals surface area contributed by atoms with Crippen LogP contribution in [0.4, 0.5) is 0 Å². The maximum atomic E-state index is 11.8. The van der Waals surface area contributed by atoms with Crippen LogP contribution in [0.2, 0.25) is 0 Å². The third kappa shape index (κ3) is 3.79. The molecule has 0 aromatic carbocycles. The highest BCUT2D eigenvalue weighted by molar-refractivity contribution is 9.10. The van der Waals surface area contributed by atoms with E-state index in [0.717, 1.165) is 15.8 Å². The minimum Gasteiger partial charge on any atom is -0.468 e. The lowest BCUT2D eigenvalue weighted by Crippen LogP contribution is -2.35. The highest BCUT2D eigenvalue weighted by Crippen LogP contribution is 2.31. The topological polar surface area (TPSA) is 38.3 Å². The average Bonchev–Trinajstić information content (AvgIpc) is 2.65. The van der Waals surface area contributed by atoms with E-state index in [2.05, 4.69) is 35.1 Å². The summed E-state index contributed by atoms with van der Waals surface area (Å²) in [5, 5.41) is 3.29. The predicted octanol–water partition coefficient (Wildman–Crippen LogP) is 3.42. The Bertz CT molecular complexity index is 372. The largest absolute Gasteiger partial charge is 0.468 e. The van der Waals surface area contributed by atoms with Crippen molar-refractivity contribution in [2.75, 3.05) is 7.11 Å². The van der Waals surface area contributed by atoms with Gasteiger partial charge in [0.25, 0.3) is 0 Å². The first kappa shape index (κ1) is 14.7. The standard InChI is InChI=1S/C12H18BrNO2S/c1-5-7(2)14-11(12(15)16-4)10-6-9(13)8(3)17-10/h6-7,11,14H,5H2,1-4H3. The second-order valence-electron chi connectivity index (χ2n) is 3.99. The Hall–Kier alpha value is -0.390. The molecule has 1 aromatic rings. The number of thiophene rings is 1. The summed E-state index contributed by atoms with van der Waals surface area (Å²) >= 11 is 5.08. The van der Waals surface area contributed by atoms with Crippen LogP contribution >= 0.6 is 27.3 Å². The number of hydrogen-bond acceptors (Lipinski definition) is 4. The van der Waals surface area contributed by atoms with Gasteiger partial charge in [0.05, 0.1) is 7.11 Å². The van der Waals surface area contributed by atoms with Crippen LogP contribution in [0.3, 0.4) is 0 Å². The molecule has 0 amide bonds. The molecule has 17 heavy (non-hydrogen) atoms. The number of hydrogen-bond donors (Lipinski definition) is 1. The Labute approximate surface area is 115 Å². The van der Waals surface area contributed by atoms with E-state index in [1.54, 1.807) is 11.3 Å². The Morgan fingerprint density at radius 2 is 2.29 bits per heavy atom. The number of carbonyl (C=O) groups is 1. The fraction of sp³-hybridized carbons (Fsp3) is 0.583. The number of esters is 1. The van der Waals surface area contributed by atoms with E-state index in [4.69, 9.17) is 4.74 Å². The number of aryl methyl sites for hydroxylation is 1. The fourth-order valence-electron chi connectivity index (χ4n) is 1.41. The van der Waals surface area contributed by atoms with Crippen LogP contribution in [0, 0.1) is 6.92 Å². The summed E-state index contributed by atoms with van der Waals surface area (Å²) in [6.07, 6.45) is 0.971. The van der Waals surface area contributed by atoms with Gasteiger partial charge in [-0.1, -0.05) is 6.92 Å². The molecule has 1 N–H and O–H groups in total. The molecule has 0 spiro atoms. The van der Waals surface area contributed by atoms with E-state index in [1.165, 1.54) is 12.0 Å². The molecule has 5 heteroatoms. The molecule has 0 fully saturated rings. The summed E-state index contributed by atoms with van der Waals surface area (Å²) in [7, 11) is 1.42. The van der Waals surface area contributed by atoms with E-state index in [-0.39, 0.29) is 18.1 Å². The van der Waals surface area contributed by atoms with E-state index < -0.39 is 0 Å². The lowest BCUT2D eigenvalue weighted by atomic mass is 10.2. The molecule has 2 unspecified atom stereocenters. The third-order valence-electron chi connectivity index (χ3n) is 2.66. The van der Waals surface area contributed by atoms with Crippen LogP contribution in [0.5, 0.6) is 0 Å². The molecule has 1 aromatic heterocycles. The van der Waals surface area contributed by atoms with Crippen molar-refractivity contribution in [2.24, 2.45) is 0 Å². The van der Waals surface area contributed by atoms with Crippen LogP contribution < -0.4 is 5.32 Å². The van der Waals surface area contributed by atoms with Crippen molar-refractivity contribution in [3.05, 3.63) is 20.3 Å². The zero-order chi connectivity index (χ0) is 13.0. The summed E-state index contributed by atoms with van der Waals surface area (Å²) in [6.45, 7) is 6.17. The van der Waals surface area contributed by atoms with Gasteiger partial charge in [-0.25, -0.2) is 4.79 Å². The molecular weight excluding hydrogens is 302 g/mol. The van der Waals surface area contributed by atoms with Gasteiger partial charge in [-0.15, -0.1) is 11.3 Å². The van der Waals surface area contributed by atoms with E-state index in [9.17, 15) is 4.79 Å². The van der Waals surface area contributed by atoms with Crippen molar-refractivity contribution in [1.29, 1.82) is 0 Å². The molecule has 3 nitrogen and oxygen atoms in total. The van der Waals surface area contributed by atoms with Crippen LogP contribution in [-0.2, 0) is 9.53 Å². The number of rotatable bonds is 5. The van der Waals surface area contributed by atoms with Gasteiger partial charge in [0.1, 0.15) is 6.04 Å². The summed E-state index contributed by atoms with van der Waals surface area (Å²) in [4.78, 5) is 13.9. The van der Waals surface area contributed by atoms with Gasteiger partial charge in [0.2, 0.25) is 0 Å². The molecule has 0 radical (unpaired) electrons. The van der Waals surface area contributed by atoms with E-state index in [1.807, 2.05) is 13.0 Å². The SMILES string of the molecule is CCC(C)NC(C(=O)OC)c1cc(Br)c(C)s1. The summed E-state index contributed by atoms with van der Waals surface area (Å²) < 4.78 is 5.89. The van der Waals surface area contributed by atoms with Crippen LogP contribution in [0.25, 0.3) is 0 Å². The molecule has 0 aliphatic carbocycles. The Balaban J connectivity index is 2.93. The number of carbonyl (C=O) groups excluding carboxylic acids is 1. The molecule has 0 saturated carbocycles. The van der Waals surface area contributed by atoms with Gasteiger partial charge in [-0.2, -0.15) is 0 Å². The normalized spacial score (nSPS) is 14.4. The first-order valence-electron chi connectivity index (χ1n) is 5.59. The first-order valence-corrected chi connectivity index (χ1v) is 7.20. The van der Waals surface area contributed by atoms with Crippen molar-refractivity contribution in [3.8, 4) is 0 Å². The van der Waals surface area contributed by atoms with Crippen LogP contribution in [-0.4, -0.2) is 19.1 Å². The van der Waals surface area contributed by atoms with Crippen LogP contribution in [0.15, 0.2) is 10.5 Å². The Kier molecular flexibility index (Phi) is 5.62. The van der Waals surface area contributed by atoms with Gasteiger partial charge in [0.15, 0.2) is 0 Å². The zero-order valence-electron chi connectivity index (χ0n) is 10.5. The van der Waals surface area contributed by atoms with Gasteiger partial charge in [-0.05, 0) is 42.3 Å². The molecule has 1 heterocycles. The molecule has 0 saturated heterocycles. The maximum absolute atomic E-state index is 11.8. The summed E-state index contributed by atoms with van der Waals surface area (Å²) in [5.41, 5.74) is 0. The van der Waals surface area contributed by atoms with Crippen molar-refractivity contribution < 1.29 is 9.53 Å². The van der Waals surface area contributed by atoms with Crippen molar-refractivity contribution >= 4 is 33.2 Å². The van der Waals surface area contributed by atoms with Gasteiger partial charge >= 0.3 is 5.97 Å². The van der Waals surface area contributed by atoms with Gasteiger partial charge in [0, 0.05) is 20.3 Å². The monoisotopic (exact) mass is 319 g/mol. The molecule has 0 aliphatic rings. The van der Waals surface area contributed by atoms with Gasteiger partial charge in [-0.3, -0.25) is 5.32 Å². The molecule has 2 atom stereocenters. The summed E-state index contributed by atoms with van der Waals surface area (Å²) in [6, 6.07) is 1.89. The molecule has 0 aliphatic heterocycles. The minimum atomic E-state index is -0.370. The number of methoxy groups -OCH3 is 1. The second-order valence-corrected chi connectivity index (χ2v) is 6.13. The highest BCUT2D eigenvalue weighted by atomic mass is 79.9. The van der Waals surface area contributed by atoms with Crippen molar-refractivity contribution in [1.82, 2.24) is 5.32 Å². The maximum Gasteiger partial charge on any atom is 0.328 e. The molecule has 1 rings (SSSR count). The fourth-order valence-corrected chi connectivity index (χ4v) is 3.02. The number of ether oxygens (including phenoxy) is 1. The first-order chi connectivity index (χ1) is 7.99. The van der Waals surface area contributed by atoms with Crippen molar-refractivity contribution in [2.45, 2.75) is 39.3 Å². The number of nitrogens with one attached hydrogen (secondary N) is 1. The quantitative estimate of drug-likeness (QED) is 0.845. The number of halogens is 1. The molecule has 0 bridgehead atoms. The van der Waals surface area contributed by atoms with Crippen molar-refractivity contribution in [3.63, 3.8) is 0 Å².